The Morgan fingerprint density at radius 2 is 1.88 bits per heavy atom. The number of piperidine rings is 1. The molecule has 0 aromatic heterocycles. The summed E-state index contributed by atoms with van der Waals surface area (Å²) < 4.78 is 31.4. The highest BCUT2D eigenvalue weighted by atomic mass is 16.9. The fraction of sp³-hybridized carbons (Fsp3) is 0.958. The Kier molecular flexibility index (Phi) is 6.72. The Labute approximate surface area is 202 Å². The van der Waals surface area contributed by atoms with E-state index in [1.54, 1.807) is 0 Å². The summed E-state index contributed by atoms with van der Waals surface area (Å²) in [7, 11) is 0. The summed E-state index contributed by atoms with van der Waals surface area (Å²) in [5.74, 6) is -2.36. The van der Waals surface area contributed by atoms with Crippen molar-refractivity contribution in [3.63, 3.8) is 0 Å². The molecule has 5 fully saturated rings. The Bertz CT molecular complexity index is 790. The minimum Gasteiger partial charge on any atom is -0.377 e. The molecule has 5 aliphatic rings. The van der Waals surface area contributed by atoms with Crippen molar-refractivity contribution in [3.05, 3.63) is 0 Å². The van der Waals surface area contributed by atoms with E-state index in [0.717, 1.165) is 45.3 Å². The van der Waals surface area contributed by atoms with Gasteiger partial charge in [0.05, 0.1) is 25.3 Å². The van der Waals surface area contributed by atoms with Crippen LogP contribution in [0.5, 0.6) is 0 Å². The van der Waals surface area contributed by atoms with Crippen molar-refractivity contribution in [1.29, 1.82) is 5.26 Å². The zero-order valence-corrected chi connectivity index (χ0v) is 20.9. The highest BCUT2D eigenvalue weighted by molar-refractivity contribution is 5.05. The zero-order valence-electron chi connectivity index (χ0n) is 20.9. The Morgan fingerprint density at radius 1 is 1.09 bits per heavy atom. The minimum absolute atomic E-state index is 0.175. The fourth-order valence-corrected chi connectivity index (χ4v) is 6.31. The number of nitrogens with zero attached hydrogens (tertiary/aromatic N) is 3. The lowest BCUT2D eigenvalue weighted by Crippen LogP contribution is -2.64. The largest absolute Gasteiger partial charge is 0.377 e. The molecule has 0 spiro atoms. The van der Waals surface area contributed by atoms with E-state index >= 15 is 0 Å². The van der Waals surface area contributed by atoms with E-state index in [2.05, 4.69) is 16.3 Å². The van der Waals surface area contributed by atoms with Crippen LogP contribution in [0.15, 0.2) is 0 Å². The molecule has 0 saturated carbocycles. The Morgan fingerprint density at radius 3 is 2.68 bits per heavy atom. The van der Waals surface area contributed by atoms with E-state index in [4.69, 9.17) is 23.7 Å². The average molecular weight is 481 g/mol. The normalized spacial score (nSPS) is 42.8. The third-order valence-electron chi connectivity index (χ3n) is 7.64. The molecule has 2 unspecified atom stereocenters. The summed E-state index contributed by atoms with van der Waals surface area (Å²) >= 11 is 0. The molecule has 192 valence electrons. The number of rotatable bonds is 6. The molecular weight excluding hydrogens is 440 g/mol. The Balaban J connectivity index is 1.21. The summed E-state index contributed by atoms with van der Waals surface area (Å²) in [6.45, 7) is 11.7. The molecule has 0 aromatic rings. The first-order chi connectivity index (χ1) is 16.1. The van der Waals surface area contributed by atoms with Crippen LogP contribution >= 0.6 is 0 Å². The van der Waals surface area contributed by atoms with Gasteiger partial charge in [0.1, 0.15) is 24.5 Å². The van der Waals surface area contributed by atoms with Gasteiger partial charge in [0.25, 0.3) is 0 Å². The number of likely N-dealkylation sites (tertiary alicyclic amines) is 2. The van der Waals surface area contributed by atoms with Crippen molar-refractivity contribution in [2.24, 2.45) is 0 Å². The van der Waals surface area contributed by atoms with E-state index in [1.165, 1.54) is 0 Å². The maximum Gasteiger partial charge on any atom is 0.213 e. The molecule has 0 amide bonds. The van der Waals surface area contributed by atoms with Gasteiger partial charge in [0.2, 0.25) is 5.79 Å². The lowest BCUT2D eigenvalue weighted by Gasteiger charge is -2.45. The third kappa shape index (κ3) is 4.88. The second-order valence-electron chi connectivity index (χ2n) is 11.3. The molecule has 10 nitrogen and oxygen atoms in total. The molecule has 34 heavy (non-hydrogen) atoms. The van der Waals surface area contributed by atoms with Gasteiger partial charge in [0.15, 0.2) is 11.6 Å². The zero-order chi connectivity index (χ0) is 24.1. The number of aliphatic hydroxyl groups is 1. The fourth-order valence-electron chi connectivity index (χ4n) is 6.31. The summed E-state index contributed by atoms with van der Waals surface area (Å²) in [5, 5.41) is 23.5. The van der Waals surface area contributed by atoms with Gasteiger partial charge in [-0.15, -0.1) is 0 Å². The second kappa shape index (κ2) is 9.21. The Hall–Kier alpha value is -0.870. The van der Waals surface area contributed by atoms with E-state index in [-0.39, 0.29) is 30.4 Å². The smallest absolute Gasteiger partial charge is 0.213 e. The summed E-state index contributed by atoms with van der Waals surface area (Å²) in [6, 6.07) is 2.37. The number of fused-ring (bicyclic) bond motifs is 3. The van der Waals surface area contributed by atoms with Crippen LogP contribution in [-0.2, 0) is 23.7 Å². The van der Waals surface area contributed by atoms with Crippen molar-refractivity contribution >= 4 is 0 Å². The molecule has 0 aliphatic carbocycles. The first kappa shape index (κ1) is 24.8. The molecule has 10 heteroatoms. The van der Waals surface area contributed by atoms with E-state index < -0.39 is 23.6 Å². The third-order valence-corrected chi connectivity index (χ3v) is 7.64. The van der Waals surface area contributed by atoms with Crippen LogP contribution in [0.4, 0.5) is 0 Å². The molecule has 5 aliphatic heterocycles. The van der Waals surface area contributed by atoms with Gasteiger partial charge in [-0.25, -0.2) is 0 Å². The molecule has 5 saturated heterocycles. The average Bonchev–Trinajstić information content (AvgIpc) is 3.44. The van der Waals surface area contributed by atoms with Crippen LogP contribution in [0.25, 0.3) is 0 Å². The van der Waals surface area contributed by atoms with E-state index in [9.17, 15) is 10.4 Å². The molecule has 0 bridgehead atoms. The first-order valence-corrected chi connectivity index (χ1v) is 12.8. The quantitative estimate of drug-likeness (QED) is 0.565. The predicted molar refractivity (Wildman–Crippen MR) is 121 cm³/mol. The molecule has 7 atom stereocenters. The maximum absolute atomic E-state index is 10.6. The number of nitrogens with one attached hydrogen (secondary N) is 1. The molecular formula is C24H40N4O6. The summed E-state index contributed by atoms with van der Waals surface area (Å²) in [6.07, 6.45) is 2.44. The van der Waals surface area contributed by atoms with Gasteiger partial charge in [-0.3, -0.25) is 9.80 Å². The van der Waals surface area contributed by atoms with E-state index in [1.807, 2.05) is 32.6 Å². The van der Waals surface area contributed by atoms with Crippen molar-refractivity contribution < 1.29 is 28.8 Å². The van der Waals surface area contributed by atoms with Crippen LogP contribution in [0.1, 0.15) is 53.4 Å². The predicted octanol–water partition coefficient (Wildman–Crippen LogP) is 0.745. The molecule has 5 heterocycles. The van der Waals surface area contributed by atoms with Gasteiger partial charge in [0, 0.05) is 25.7 Å². The number of hydrogen-bond acceptors (Lipinski definition) is 10. The summed E-state index contributed by atoms with van der Waals surface area (Å²) in [4.78, 5) is 4.26. The van der Waals surface area contributed by atoms with E-state index in [0.29, 0.717) is 19.7 Å². The van der Waals surface area contributed by atoms with Gasteiger partial charge in [-0.2, -0.15) is 5.26 Å². The standard InChI is InChI=1S/C24H40N4O6/c1-22(2)31-18-14-30-24(21(20(18)32-22)33-23(3,4)34-24)15-27-9-5-7-16(13-27)26-12-19(29)28-10-6-8-17(28)11-25/h16-21,26,29H,5-10,12-15H2,1-4H3/t16?,17-,18+,19?,20+,21-,24-/m0/s1. The van der Waals surface area contributed by atoms with Crippen LogP contribution in [0.3, 0.4) is 0 Å². The van der Waals surface area contributed by atoms with Crippen LogP contribution in [0.2, 0.25) is 0 Å². The SMILES string of the molecule is CC1(C)O[C@@H]2[C@@H](CO[C@@]3(CN4CCCC(NCC(O)N5CCC[C@H]5C#N)C4)OC(C)(C)O[C@@H]23)O1. The molecule has 0 radical (unpaired) electrons. The van der Waals surface area contributed by atoms with Crippen molar-refractivity contribution in [3.8, 4) is 6.07 Å². The monoisotopic (exact) mass is 480 g/mol. The first-order valence-electron chi connectivity index (χ1n) is 12.8. The van der Waals surface area contributed by atoms with Gasteiger partial charge < -0.3 is 34.1 Å². The number of aliphatic hydroxyl groups excluding tert-OH is 1. The topological polar surface area (TPSA) is 109 Å². The summed E-state index contributed by atoms with van der Waals surface area (Å²) in [5.41, 5.74) is 0. The highest BCUT2D eigenvalue weighted by Crippen LogP contribution is 2.47. The number of nitriles is 1. The molecule has 0 aromatic carbocycles. The molecule has 5 rings (SSSR count). The van der Waals surface area contributed by atoms with Crippen molar-refractivity contribution in [2.45, 2.75) is 107 Å². The second-order valence-corrected chi connectivity index (χ2v) is 11.3. The molecule has 2 N–H and O–H groups in total. The van der Waals surface area contributed by atoms with Crippen LogP contribution in [-0.4, -0.2) is 108 Å². The number of hydrogen-bond donors (Lipinski definition) is 2. The maximum atomic E-state index is 10.6. The minimum atomic E-state index is -0.911. The van der Waals surface area contributed by atoms with Gasteiger partial charge in [-0.05, 0) is 59.9 Å². The highest BCUT2D eigenvalue weighted by Gasteiger charge is 2.65. The van der Waals surface area contributed by atoms with Crippen molar-refractivity contribution in [1.82, 2.24) is 15.1 Å². The van der Waals surface area contributed by atoms with Crippen LogP contribution in [0, 0.1) is 11.3 Å². The van der Waals surface area contributed by atoms with Crippen molar-refractivity contribution in [2.75, 3.05) is 39.3 Å². The van der Waals surface area contributed by atoms with Gasteiger partial charge in [-0.1, -0.05) is 0 Å². The number of ether oxygens (including phenoxy) is 5. The van der Waals surface area contributed by atoms with Gasteiger partial charge >= 0.3 is 0 Å². The lowest BCUT2D eigenvalue weighted by molar-refractivity contribution is -0.287. The van der Waals surface area contributed by atoms with Crippen LogP contribution < -0.4 is 5.32 Å². The lowest BCUT2D eigenvalue weighted by atomic mass is 9.95.